The summed E-state index contributed by atoms with van der Waals surface area (Å²) in [5.41, 5.74) is 10.2. The summed E-state index contributed by atoms with van der Waals surface area (Å²) in [5.74, 6) is -2.76. The maximum atomic E-state index is 10.6. The summed E-state index contributed by atoms with van der Waals surface area (Å²) in [6.45, 7) is 8.34. The lowest BCUT2D eigenvalue weighted by Crippen LogP contribution is -2.26. The molecule has 3 heterocycles. The summed E-state index contributed by atoms with van der Waals surface area (Å²) in [6.07, 6.45) is -5.08. The monoisotopic (exact) mass is 698 g/mol. The lowest BCUT2D eigenvalue weighted by atomic mass is 9.75. The van der Waals surface area contributed by atoms with Gasteiger partial charge >= 0.3 is 12.1 Å². The summed E-state index contributed by atoms with van der Waals surface area (Å²) < 4.78 is 36.4. The highest BCUT2D eigenvalue weighted by Crippen LogP contribution is 2.47. The van der Waals surface area contributed by atoms with Gasteiger partial charge in [-0.25, -0.2) is 4.79 Å². The number of nitrogens with zero attached hydrogens (tertiary/aromatic N) is 2. The fourth-order valence-corrected chi connectivity index (χ4v) is 7.48. The van der Waals surface area contributed by atoms with Crippen LogP contribution in [0.2, 0.25) is 0 Å². The van der Waals surface area contributed by atoms with Crippen LogP contribution in [0.1, 0.15) is 44.4 Å². The maximum Gasteiger partial charge on any atom is 0.490 e. The molecule has 0 radical (unpaired) electrons. The van der Waals surface area contributed by atoms with E-state index in [1.54, 1.807) is 0 Å². The minimum Gasteiger partial charge on any atom is -0.475 e. The van der Waals surface area contributed by atoms with Crippen LogP contribution in [0.25, 0.3) is 55.0 Å². The Morgan fingerprint density at radius 3 is 1.50 bits per heavy atom. The molecule has 1 aliphatic heterocycles. The third-order valence-electron chi connectivity index (χ3n) is 9.81. The molecule has 0 amide bonds. The highest BCUT2D eigenvalue weighted by Gasteiger charge is 2.38. The quantitative estimate of drug-likeness (QED) is 0.189. The molecular weight excluding hydrogens is 661 g/mol. The first kappa shape index (κ1) is 34.6. The van der Waals surface area contributed by atoms with Crippen molar-refractivity contribution in [2.45, 2.75) is 44.9 Å². The molecule has 2 aromatic heterocycles. The molecule has 8 aromatic rings. The van der Waals surface area contributed by atoms with Gasteiger partial charge in [0.05, 0.1) is 39.0 Å². The van der Waals surface area contributed by atoms with Crippen LogP contribution >= 0.6 is 0 Å². The van der Waals surface area contributed by atoms with Crippen molar-refractivity contribution in [3.63, 3.8) is 0 Å². The van der Waals surface area contributed by atoms with E-state index in [1.807, 2.05) is 32.0 Å². The van der Waals surface area contributed by atoms with Crippen LogP contribution in [0.5, 0.6) is 0 Å². The molecule has 8 heteroatoms. The molecule has 0 atom stereocenters. The smallest absolute Gasteiger partial charge is 0.475 e. The van der Waals surface area contributed by atoms with Crippen molar-refractivity contribution < 1.29 is 28.2 Å². The van der Waals surface area contributed by atoms with E-state index in [0.29, 0.717) is 0 Å². The van der Waals surface area contributed by atoms with E-state index < -0.39 is 17.7 Å². The molecule has 262 valence electrons. The second-order valence-corrected chi connectivity index (χ2v) is 13.9. The Morgan fingerprint density at radius 1 is 0.558 bits per heavy atom. The van der Waals surface area contributed by atoms with Gasteiger partial charge in [0.15, 0.2) is 0 Å². The van der Waals surface area contributed by atoms with Crippen LogP contribution < -0.4 is 0 Å². The molecular formula is C44H37F3N2O3. The van der Waals surface area contributed by atoms with Crippen LogP contribution in [-0.4, -0.2) is 31.5 Å². The number of aliphatic hydroxyl groups is 1. The fourth-order valence-electron chi connectivity index (χ4n) is 7.48. The minimum atomic E-state index is -5.08. The molecule has 0 saturated carbocycles. The number of hydrogen-bond acceptors (Lipinski definition) is 2. The second-order valence-electron chi connectivity index (χ2n) is 13.9. The van der Waals surface area contributed by atoms with Gasteiger partial charge in [-0.15, -0.1) is 0 Å². The van der Waals surface area contributed by atoms with Crippen LogP contribution in [0, 0.1) is 0 Å². The number of benzene rings is 6. The zero-order valence-electron chi connectivity index (χ0n) is 29.1. The number of aromatic nitrogens is 2. The van der Waals surface area contributed by atoms with Gasteiger partial charge in [-0.1, -0.05) is 123 Å². The maximum absolute atomic E-state index is 10.6. The van der Waals surface area contributed by atoms with E-state index >= 15 is 0 Å². The highest BCUT2D eigenvalue weighted by molar-refractivity contribution is 6.11. The Balaban J connectivity index is 0.000000137. The summed E-state index contributed by atoms with van der Waals surface area (Å²) >= 11 is 0. The lowest BCUT2D eigenvalue weighted by molar-refractivity contribution is -0.192. The minimum absolute atomic E-state index is 0.0283. The predicted molar refractivity (Wildman–Crippen MR) is 203 cm³/mol. The normalized spacial score (nSPS) is 13.3. The zero-order valence-corrected chi connectivity index (χ0v) is 29.1. The van der Waals surface area contributed by atoms with Crippen molar-refractivity contribution in [2.75, 3.05) is 0 Å². The molecule has 9 rings (SSSR count). The highest BCUT2D eigenvalue weighted by atomic mass is 19.4. The number of para-hydroxylation sites is 6. The third kappa shape index (κ3) is 5.79. The molecule has 2 N–H and O–H groups in total. The summed E-state index contributed by atoms with van der Waals surface area (Å²) in [4.78, 5) is 8.90. The Kier molecular flexibility index (Phi) is 8.46. The Hall–Kier alpha value is -5.86. The molecule has 0 spiro atoms. The van der Waals surface area contributed by atoms with Crippen molar-refractivity contribution in [3.8, 4) is 11.4 Å². The average molecular weight is 699 g/mol. The van der Waals surface area contributed by atoms with Crippen LogP contribution in [0.4, 0.5) is 13.2 Å². The van der Waals surface area contributed by atoms with E-state index in [2.05, 4.69) is 144 Å². The van der Waals surface area contributed by atoms with E-state index in [4.69, 9.17) is 9.90 Å². The first-order valence-corrected chi connectivity index (χ1v) is 16.9. The number of carboxylic acid groups (broad SMARTS) is 1. The standard InChI is InChI=1S/C21H19NO.C21H17N.C2HF3O2/c1-21(2,23)17-11-5-8-14-20(17)22-18-12-6-3-9-15(18)16-10-4-7-13-19(16)22;1-21(2)16-10-4-6-13-19(16)22-18-12-5-3-8-14(18)15-9-7-11-17(21)20(15)22;3-2(4,5)1(6)7/h3-14,23H,1-2H3;3-13H,1-2H3;(H,6,7). The number of alkyl halides is 3. The average Bonchev–Trinajstić information content (AvgIpc) is 3.64. The van der Waals surface area contributed by atoms with Gasteiger partial charge in [0.25, 0.3) is 0 Å². The fraction of sp³-hybridized carbons (Fsp3) is 0.159. The molecule has 1 aliphatic rings. The molecule has 5 nitrogen and oxygen atoms in total. The van der Waals surface area contributed by atoms with E-state index in [9.17, 15) is 18.3 Å². The van der Waals surface area contributed by atoms with Gasteiger partial charge in [-0.3, -0.25) is 0 Å². The number of fused-ring (bicyclic) bond motifs is 8. The van der Waals surface area contributed by atoms with Gasteiger partial charge in [0, 0.05) is 32.5 Å². The van der Waals surface area contributed by atoms with Crippen molar-refractivity contribution in [2.24, 2.45) is 0 Å². The topological polar surface area (TPSA) is 67.4 Å². The molecule has 0 fully saturated rings. The SMILES string of the molecule is CC(C)(O)c1ccccc1-n1c2ccccc2c2ccccc21.CC1(C)c2ccccc2-n2c3ccccc3c3cccc1c32.O=C(O)C(F)(F)F. The molecule has 0 saturated heterocycles. The largest absolute Gasteiger partial charge is 0.490 e. The van der Waals surface area contributed by atoms with Gasteiger partial charge in [-0.2, -0.15) is 13.2 Å². The van der Waals surface area contributed by atoms with Crippen LogP contribution in [0.3, 0.4) is 0 Å². The molecule has 0 aliphatic carbocycles. The molecule has 52 heavy (non-hydrogen) atoms. The summed E-state index contributed by atoms with van der Waals surface area (Å²) in [7, 11) is 0. The van der Waals surface area contributed by atoms with Crippen LogP contribution in [-0.2, 0) is 15.8 Å². The Bertz CT molecular complexity index is 2570. The lowest BCUT2D eigenvalue weighted by Gasteiger charge is -2.34. The first-order chi connectivity index (χ1) is 24.7. The third-order valence-corrected chi connectivity index (χ3v) is 9.81. The predicted octanol–water partition coefficient (Wildman–Crippen LogP) is 11.1. The Morgan fingerprint density at radius 2 is 0.962 bits per heavy atom. The number of aliphatic carboxylic acids is 1. The van der Waals surface area contributed by atoms with Crippen molar-refractivity contribution in [1.29, 1.82) is 0 Å². The van der Waals surface area contributed by atoms with Gasteiger partial charge in [-0.05, 0) is 55.3 Å². The van der Waals surface area contributed by atoms with Gasteiger partial charge < -0.3 is 19.3 Å². The number of hydrogen-bond donors (Lipinski definition) is 2. The van der Waals surface area contributed by atoms with Crippen molar-refractivity contribution >= 4 is 49.6 Å². The zero-order chi connectivity index (χ0) is 37.0. The second kappa shape index (κ2) is 12.7. The van der Waals surface area contributed by atoms with Crippen molar-refractivity contribution in [3.05, 3.63) is 156 Å². The molecule has 6 aromatic carbocycles. The summed E-state index contributed by atoms with van der Waals surface area (Å²) in [5, 5.41) is 22.9. The Labute approximate surface area is 298 Å². The van der Waals surface area contributed by atoms with E-state index in [1.165, 1.54) is 49.4 Å². The van der Waals surface area contributed by atoms with Gasteiger partial charge in [0.1, 0.15) is 0 Å². The molecule has 0 bridgehead atoms. The number of halogens is 3. The first-order valence-electron chi connectivity index (χ1n) is 16.9. The number of carboxylic acids is 1. The van der Waals surface area contributed by atoms with E-state index in [-0.39, 0.29) is 5.41 Å². The summed E-state index contributed by atoms with van der Waals surface area (Å²) in [6, 6.07) is 49.2. The molecule has 0 unspecified atom stereocenters. The number of rotatable bonds is 2. The number of carbonyl (C=O) groups is 1. The van der Waals surface area contributed by atoms with E-state index in [0.717, 1.165) is 22.3 Å². The van der Waals surface area contributed by atoms with Crippen molar-refractivity contribution in [1.82, 2.24) is 9.13 Å². The van der Waals surface area contributed by atoms with Gasteiger partial charge in [0.2, 0.25) is 0 Å². The van der Waals surface area contributed by atoms with Crippen LogP contribution in [0.15, 0.2) is 140 Å².